The van der Waals surface area contributed by atoms with Crippen molar-refractivity contribution in [1.29, 1.82) is 0 Å². The molecule has 0 aliphatic carbocycles. The number of rotatable bonds is 6. The first kappa shape index (κ1) is 18.0. The van der Waals surface area contributed by atoms with Gasteiger partial charge in [0.15, 0.2) is 5.82 Å². The van der Waals surface area contributed by atoms with Gasteiger partial charge >= 0.3 is 5.97 Å². The molecule has 0 aliphatic heterocycles. The van der Waals surface area contributed by atoms with Gasteiger partial charge in [-0.1, -0.05) is 15.9 Å². The molecule has 0 unspecified atom stereocenters. The zero-order valence-corrected chi connectivity index (χ0v) is 14.0. The van der Waals surface area contributed by atoms with Crippen molar-refractivity contribution in [2.24, 2.45) is 0 Å². The molecule has 0 saturated heterocycles. The van der Waals surface area contributed by atoms with Crippen LogP contribution < -0.4 is 4.72 Å². The number of halogens is 2. The number of carboxylic acid groups (broad SMARTS) is 1. The highest BCUT2D eigenvalue weighted by Gasteiger charge is 2.27. The maximum Gasteiger partial charge on any atom is 0.338 e. The molecule has 0 aliphatic rings. The van der Waals surface area contributed by atoms with Crippen LogP contribution in [0.25, 0.3) is 0 Å². The summed E-state index contributed by atoms with van der Waals surface area (Å²) in [6.07, 6.45) is 0. The summed E-state index contributed by atoms with van der Waals surface area (Å²) in [5.74, 6) is -2.86. The monoisotopic (exact) mass is 383 g/mol. The fourth-order valence-electron chi connectivity index (χ4n) is 1.33. The molecule has 9 heteroatoms. The van der Waals surface area contributed by atoms with Crippen LogP contribution in [0.15, 0.2) is 21.5 Å². The molecule has 1 aromatic carbocycles. The third kappa shape index (κ3) is 4.47. The molecule has 0 fully saturated rings. The van der Waals surface area contributed by atoms with Crippen LogP contribution >= 0.6 is 15.9 Å². The number of hydrogen-bond acceptors (Lipinski definition) is 4. The molecule has 1 rings (SSSR count). The second-order valence-corrected chi connectivity index (χ2v) is 7.51. The Morgan fingerprint density at radius 3 is 2.52 bits per heavy atom. The Morgan fingerprint density at radius 2 is 2.05 bits per heavy atom. The van der Waals surface area contributed by atoms with Crippen molar-refractivity contribution in [3.05, 3.63) is 28.0 Å². The average Bonchev–Trinajstić information content (AvgIpc) is 2.38. The van der Waals surface area contributed by atoms with Gasteiger partial charge in [0.1, 0.15) is 4.90 Å². The average molecular weight is 384 g/mol. The molecule has 118 valence electrons. The third-order valence-electron chi connectivity index (χ3n) is 2.76. The van der Waals surface area contributed by atoms with Gasteiger partial charge in [0.25, 0.3) is 0 Å². The molecular weight excluding hydrogens is 369 g/mol. The molecule has 0 bridgehead atoms. The van der Waals surface area contributed by atoms with Crippen LogP contribution in [-0.4, -0.2) is 38.7 Å². The van der Waals surface area contributed by atoms with Gasteiger partial charge in [0.05, 0.1) is 11.2 Å². The maximum atomic E-state index is 14.0. The standard InChI is InChI=1S/C12H15BrFNO5S/c1-12(2,20-3)6-15-21(18,19)9-5-7(13)4-8(10(9)14)11(16)17/h4-5,15H,6H2,1-3H3,(H,16,17). The molecule has 0 spiro atoms. The lowest BCUT2D eigenvalue weighted by Crippen LogP contribution is -2.40. The Morgan fingerprint density at radius 1 is 1.48 bits per heavy atom. The van der Waals surface area contributed by atoms with Crippen LogP contribution in [0.2, 0.25) is 0 Å². The van der Waals surface area contributed by atoms with E-state index in [1.54, 1.807) is 13.8 Å². The molecule has 0 radical (unpaired) electrons. The Bertz CT molecular complexity index is 660. The Labute approximate surface area is 130 Å². The Hall–Kier alpha value is -1.03. The van der Waals surface area contributed by atoms with Gasteiger partial charge in [-0.25, -0.2) is 22.3 Å². The zero-order chi connectivity index (χ0) is 16.4. The van der Waals surface area contributed by atoms with Crippen molar-refractivity contribution in [1.82, 2.24) is 4.72 Å². The van der Waals surface area contributed by atoms with Crippen LogP contribution in [0.5, 0.6) is 0 Å². The highest BCUT2D eigenvalue weighted by molar-refractivity contribution is 9.10. The SMILES string of the molecule is COC(C)(C)CNS(=O)(=O)c1cc(Br)cc(C(=O)O)c1F. The molecule has 0 amide bonds. The minimum atomic E-state index is -4.21. The number of carbonyl (C=O) groups is 1. The van der Waals surface area contributed by atoms with Crippen LogP contribution in [-0.2, 0) is 14.8 Å². The summed E-state index contributed by atoms with van der Waals surface area (Å²) in [7, 11) is -2.80. The quantitative estimate of drug-likeness (QED) is 0.783. The van der Waals surface area contributed by atoms with Gasteiger partial charge in [-0.3, -0.25) is 0 Å². The smallest absolute Gasteiger partial charge is 0.338 e. The molecule has 21 heavy (non-hydrogen) atoms. The Balaban J connectivity index is 3.23. The summed E-state index contributed by atoms with van der Waals surface area (Å²) in [6.45, 7) is 3.20. The van der Waals surface area contributed by atoms with E-state index >= 15 is 0 Å². The molecule has 0 atom stereocenters. The fourth-order valence-corrected chi connectivity index (χ4v) is 3.26. The second kappa shape index (κ2) is 6.39. The molecule has 6 nitrogen and oxygen atoms in total. The molecule has 1 aromatic rings. The zero-order valence-electron chi connectivity index (χ0n) is 11.6. The minimum absolute atomic E-state index is 0.0970. The van der Waals surface area contributed by atoms with E-state index in [0.717, 1.165) is 12.1 Å². The summed E-state index contributed by atoms with van der Waals surface area (Å²) in [6, 6.07) is 2.00. The molecular formula is C12H15BrFNO5S. The summed E-state index contributed by atoms with van der Waals surface area (Å²) in [5.41, 5.74) is -1.51. The lowest BCUT2D eigenvalue weighted by atomic mass is 10.1. The van der Waals surface area contributed by atoms with E-state index in [2.05, 4.69) is 20.7 Å². The number of sulfonamides is 1. The Kier molecular flexibility index (Phi) is 5.48. The van der Waals surface area contributed by atoms with E-state index in [1.807, 2.05) is 0 Å². The predicted octanol–water partition coefficient (Wildman–Crippen LogP) is 1.99. The van der Waals surface area contributed by atoms with Crippen molar-refractivity contribution < 1.29 is 27.4 Å². The highest BCUT2D eigenvalue weighted by atomic mass is 79.9. The van der Waals surface area contributed by atoms with Gasteiger partial charge in [0, 0.05) is 18.1 Å². The molecule has 0 aromatic heterocycles. The summed E-state index contributed by atoms with van der Waals surface area (Å²) in [5, 5.41) is 8.88. The van der Waals surface area contributed by atoms with Crippen LogP contribution in [0, 0.1) is 5.82 Å². The first-order valence-corrected chi connectivity index (χ1v) is 8.05. The molecule has 2 N–H and O–H groups in total. The van der Waals surface area contributed by atoms with Crippen molar-refractivity contribution in [2.45, 2.75) is 24.3 Å². The van der Waals surface area contributed by atoms with Gasteiger partial charge in [-0.2, -0.15) is 0 Å². The maximum absolute atomic E-state index is 14.0. The largest absolute Gasteiger partial charge is 0.478 e. The van der Waals surface area contributed by atoms with Gasteiger partial charge in [-0.15, -0.1) is 0 Å². The van der Waals surface area contributed by atoms with Gasteiger partial charge in [0.2, 0.25) is 10.0 Å². The van der Waals surface area contributed by atoms with Gasteiger partial charge in [-0.05, 0) is 26.0 Å². The van der Waals surface area contributed by atoms with Crippen molar-refractivity contribution in [3.63, 3.8) is 0 Å². The van der Waals surface area contributed by atoms with E-state index in [0.29, 0.717) is 0 Å². The van der Waals surface area contributed by atoms with Crippen LogP contribution in [0.1, 0.15) is 24.2 Å². The van der Waals surface area contributed by atoms with Gasteiger partial charge < -0.3 is 9.84 Å². The first-order valence-electron chi connectivity index (χ1n) is 5.77. The van der Waals surface area contributed by atoms with E-state index in [9.17, 15) is 17.6 Å². The number of methoxy groups -OCH3 is 1. The number of nitrogens with one attached hydrogen (secondary N) is 1. The number of hydrogen-bond donors (Lipinski definition) is 2. The number of ether oxygens (including phenoxy) is 1. The summed E-state index contributed by atoms with van der Waals surface area (Å²) >= 11 is 2.97. The summed E-state index contributed by atoms with van der Waals surface area (Å²) in [4.78, 5) is 10.2. The van der Waals surface area contributed by atoms with Crippen LogP contribution in [0.4, 0.5) is 4.39 Å². The first-order chi connectivity index (χ1) is 9.50. The minimum Gasteiger partial charge on any atom is -0.478 e. The van der Waals surface area contributed by atoms with E-state index in [-0.39, 0.29) is 11.0 Å². The number of carboxylic acids is 1. The fraction of sp³-hybridized carbons (Fsp3) is 0.417. The predicted molar refractivity (Wildman–Crippen MR) is 77.3 cm³/mol. The second-order valence-electron chi connectivity index (χ2n) is 4.86. The summed E-state index contributed by atoms with van der Waals surface area (Å²) < 4.78 is 45.7. The van der Waals surface area contributed by atoms with Crippen LogP contribution in [0.3, 0.4) is 0 Å². The number of benzene rings is 1. The van der Waals surface area contributed by atoms with Crippen molar-refractivity contribution in [3.8, 4) is 0 Å². The lowest BCUT2D eigenvalue weighted by molar-refractivity contribution is 0.0276. The molecule has 0 saturated carbocycles. The topological polar surface area (TPSA) is 92.7 Å². The normalized spacial score (nSPS) is 12.4. The molecule has 0 heterocycles. The number of aromatic carboxylic acids is 1. The lowest BCUT2D eigenvalue weighted by Gasteiger charge is -2.23. The van der Waals surface area contributed by atoms with E-state index < -0.39 is 37.9 Å². The highest BCUT2D eigenvalue weighted by Crippen LogP contribution is 2.24. The van der Waals surface area contributed by atoms with Crippen molar-refractivity contribution >= 4 is 31.9 Å². The van der Waals surface area contributed by atoms with E-state index in [4.69, 9.17) is 9.84 Å². The third-order valence-corrected chi connectivity index (χ3v) is 4.62. The van der Waals surface area contributed by atoms with Crippen molar-refractivity contribution in [2.75, 3.05) is 13.7 Å². The van der Waals surface area contributed by atoms with E-state index in [1.165, 1.54) is 7.11 Å².